The molecule has 9 heteroatoms. The maximum absolute atomic E-state index is 14.8. The lowest BCUT2D eigenvalue weighted by molar-refractivity contribution is -0.126. The quantitative estimate of drug-likeness (QED) is 0.218. The van der Waals surface area contributed by atoms with E-state index in [0.717, 1.165) is 5.56 Å². The summed E-state index contributed by atoms with van der Waals surface area (Å²) in [7, 11) is 3.05. The van der Waals surface area contributed by atoms with Crippen LogP contribution in [0.4, 0.5) is 16.2 Å². The van der Waals surface area contributed by atoms with Gasteiger partial charge in [-0.2, -0.15) is 0 Å². The first-order valence-corrected chi connectivity index (χ1v) is 14.8. The molecule has 2 heterocycles. The van der Waals surface area contributed by atoms with Crippen molar-refractivity contribution >= 4 is 40.7 Å². The van der Waals surface area contributed by atoms with Gasteiger partial charge in [0.15, 0.2) is 11.3 Å². The second-order valence-electron chi connectivity index (χ2n) is 10.9. The number of urea groups is 1. The number of nitrogens with one attached hydrogen (secondary N) is 2. The summed E-state index contributed by atoms with van der Waals surface area (Å²) >= 11 is 6.29. The van der Waals surface area contributed by atoms with Crippen LogP contribution in [0.15, 0.2) is 97.1 Å². The van der Waals surface area contributed by atoms with E-state index in [-0.39, 0.29) is 5.78 Å². The van der Waals surface area contributed by atoms with Crippen molar-refractivity contribution in [2.24, 2.45) is 5.92 Å². The lowest BCUT2D eigenvalue weighted by Gasteiger charge is -2.39. The minimum Gasteiger partial charge on any atom is -0.497 e. The van der Waals surface area contributed by atoms with Crippen molar-refractivity contribution in [2.75, 3.05) is 24.9 Å². The van der Waals surface area contributed by atoms with Crippen LogP contribution in [0.2, 0.25) is 5.02 Å². The highest BCUT2D eigenvalue weighted by atomic mass is 35.5. The molecule has 0 bridgehead atoms. The van der Waals surface area contributed by atoms with Crippen molar-refractivity contribution in [3.05, 3.63) is 119 Å². The Hall–Kier alpha value is -4.82. The SMILES string of the molecule is CCC1C(c2ccc(Cl)cc2)C(C(=O)c2ccccc2)C2(C(=O)Nc3ccccc32)N1C(=O)Nc1cc(OC)cc(OC)c1. The van der Waals surface area contributed by atoms with E-state index in [1.807, 2.05) is 43.3 Å². The maximum Gasteiger partial charge on any atom is 0.323 e. The van der Waals surface area contributed by atoms with Gasteiger partial charge in [-0.05, 0) is 30.2 Å². The number of likely N-dealkylation sites (tertiary alicyclic amines) is 1. The van der Waals surface area contributed by atoms with Gasteiger partial charge in [0.1, 0.15) is 11.5 Å². The van der Waals surface area contributed by atoms with E-state index in [0.29, 0.717) is 45.4 Å². The number of benzene rings is 4. The Morgan fingerprint density at radius 1 is 0.909 bits per heavy atom. The lowest BCUT2D eigenvalue weighted by atomic mass is 9.69. The van der Waals surface area contributed by atoms with Crippen molar-refractivity contribution < 1.29 is 23.9 Å². The first kappa shape index (κ1) is 29.3. The number of ether oxygens (including phenoxy) is 2. The number of Topliss-reactive ketones (excluding diaryl/α,β-unsaturated/α-hetero) is 1. The molecule has 44 heavy (non-hydrogen) atoms. The monoisotopic (exact) mass is 609 g/mol. The van der Waals surface area contributed by atoms with Crippen LogP contribution in [-0.2, 0) is 10.3 Å². The Balaban J connectivity index is 1.60. The van der Waals surface area contributed by atoms with Crippen LogP contribution in [-0.4, -0.2) is 42.9 Å². The molecular weight excluding hydrogens is 578 g/mol. The first-order chi connectivity index (χ1) is 21.3. The average molecular weight is 610 g/mol. The Morgan fingerprint density at radius 3 is 2.18 bits per heavy atom. The standard InChI is InChI=1S/C35H32ClN3O5/c1-4-29-30(21-14-16-23(36)17-15-21)31(32(40)22-10-6-5-7-11-22)35(27-12-8-9-13-28(27)38-33(35)41)39(29)34(42)37-24-18-25(43-2)20-26(19-24)44-3/h5-20,29-31H,4H2,1-3H3,(H,37,42)(H,38,41). The van der Waals surface area contributed by atoms with Crippen molar-refractivity contribution in [3.63, 3.8) is 0 Å². The topological polar surface area (TPSA) is 97.0 Å². The van der Waals surface area contributed by atoms with E-state index in [9.17, 15) is 14.4 Å². The van der Waals surface area contributed by atoms with Crippen LogP contribution in [0.25, 0.3) is 0 Å². The summed E-state index contributed by atoms with van der Waals surface area (Å²) in [6, 6.07) is 27.5. The number of amides is 3. The molecule has 0 aromatic heterocycles. The summed E-state index contributed by atoms with van der Waals surface area (Å²) in [6.07, 6.45) is 0.470. The molecule has 2 aliphatic heterocycles. The van der Waals surface area contributed by atoms with E-state index < -0.39 is 35.4 Å². The fourth-order valence-electron chi connectivity index (χ4n) is 6.91. The van der Waals surface area contributed by atoms with E-state index in [1.54, 1.807) is 65.6 Å². The Kier molecular flexibility index (Phi) is 7.78. The van der Waals surface area contributed by atoms with Crippen LogP contribution in [0.1, 0.15) is 40.7 Å². The third-order valence-electron chi connectivity index (χ3n) is 8.70. The molecule has 1 fully saturated rings. The number of carbonyl (C=O) groups is 3. The van der Waals surface area contributed by atoms with Crippen LogP contribution >= 0.6 is 11.6 Å². The number of hydrogen-bond acceptors (Lipinski definition) is 5. The third kappa shape index (κ3) is 4.66. The molecule has 8 nitrogen and oxygen atoms in total. The lowest BCUT2D eigenvalue weighted by Crippen LogP contribution is -2.57. The van der Waals surface area contributed by atoms with Gasteiger partial charge in [-0.15, -0.1) is 0 Å². The molecule has 6 rings (SSSR count). The zero-order chi connectivity index (χ0) is 31.0. The minimum atomic E-state index is -1.65. The summed E-state index contributed by atoms with van der Waals surface area (Å²) in [5.41, 5.74) is 1.18. The molecule has 1 spiro atoms. The fourth-order valence-corrected chi connectivity index (χ4v) is 7.04. The van der Waals surface area contributed by atoms with Gasteiger partial charge in [-0.1, -0.05) is 79.2 Å². The zero-order valence-corrected chi connectivity index (χ0v) is 25.3. The highest BCUT2D eigenvalue weighted by Gasteiger charge is 2.69. The molecule has 4 aromatic carbocycles. The van der Waals surface area contributed by atoms with Crippen molar-refractivity contribution in [3.8, 4) is 11.5 Å². The van der Waals surface area contributed by atoms with E-state index >= 15 is 0 Å². The molecule has 4 aromatic rings. The number of rotatable bonds is 7. The molecule has 0 aliphatic carbocycles. The second-order valence-corrected chi connectivity index (χ2v) is 11.4. The van der Waals surface area contributed by atoms with Crippen molar-refractivity contribution in [2.45, 2.75) is 30.8 Å². The number of anilines is 2. The largest absolute Gasteiger partial charge is 0.497 e. The van der Waals surface area contributed by atoms with Gasteiger partial charge in [-0.25, -0.2) is 4.79 Å². The summed E-state index contributed by atoms with van der Waals surface area (Å²) in [5, 5.41) is 6.55. The molecule has 4 atom stereocenters. The molecule has 4 unspecified atom stereocenters. The molecule has 1 saturated heterocycles. The van der Waals surface area contributed by atoms with Crippen LogP contribution in [0.3, 0.4) is 0 Å². The third-order valence-corrected chi connectivity index (χ3v) is 8.95. The molecule has 2 N–H and O–H groups in total. The molecule has 3 amide bonds. The van der Waals surface area contributed by atoms with E-state index in [1.165, 1.54) is 14.2 Å². The Morgan fingerprint density at radius 2 is 1.55 bits per heavy atom. The number of methoxy groups -OCH3 is 2. The Labute approximate surface area is 260 Å². The number of carbonyl (C=O) groups excluding carboxylic acids is 3. The predicted octanol–water partition coefficient (Wildman–Crippen LogP) is 7.11. The number of ketones is 1. The zero-order valence-electron chi connectivity index (χ0n) is 24.5. The highest BCUT2D eigenvalue weighted by Crippen LogP contribution is 2.59. The van der Waals surface area contributed by atoms with Gasteiger partial charge < -0.3 is 25.0 Å². The average Bonchev–Trinajstić information content (AvgIpc) is 3.52. The van der Waals surface area contributed by atoms with Gasteiger partial charge in [0.2, 0.25) is 0 Å². The predicted molar refractivity (Wildman–Crippen MR) is 170 cm³/mol. The highest BCUT2D eigenvalue weighted by molar-refractivity contribution is 6.30. The van der Waals surface area contributed by atoms with Crippen molar-refractivity contribution in [1.29, 1.82) is 0 Å². The van der Waals surface area contributed by atoms with Gasteiger partial charge in [0.25, 0.3) is 5.91 Å². The molecule has 0 radical (unpaired) electrons. The van der Waals surface area contributed by atoms with Crippen molar-refractivity contribution in [1.82, 2.24) is 4.90 Å². The summed E-state index contributed by atoms with van der Waals surface area (Å²) in [6.45, 7) is 1.96. The first-order valence-electron chi connectivity index (χ1n) is 14.4. The van der Waals surface area contributed by atoms with Crippen LogP contribution in [0, 0.1) is 5.92 Å². The fraction of sp³-hybridized carbons (Fsp3) is 0.229. The summed E-state index contributed by atoms with van der Waals surface area (Å²) in [5.74, 6) is -1.17. The van der Waals surface area contributed by atoms with E-state index in [2.05, 4.69) is 10.6 Å². The number of para-hydroxylation sites is 1. The molecule has 224 valence electrons. The van der Waals surface area contributed by atoms with Crippen LogP contribution < -0.4 is 20.1 Å². The Bertz CT molecular complexity index is 1710. The number of halogens is 1. The van der Waals surface area contributed by atoms with Gasteiger partial charge in [0, 0.05) is 57.7 Å². The number of nitrogens with zero attached hydrogens (tertiary/aromatic N) is 1. The molecular formula is C35H32ClN3O5. The molecule has 0 saturated carbocycles. The summed E-state index contributed by atoms with van der Waals surface area (Å²) in [4.78, 5) is 45.5. The second kappa shape index (κ2) is 11.7. The normalized spacial score (nSPS) is 22.0. The van der Waals surface area contributed by atoms with Crippen LogP contribution in [0.5, 0.6) is 11.5 Å². The molecule has 2 aliphatic rings. The smallest absolute Gasteiger partial charge is 0.323 e. The van der Waals surface area contributed by atoms with Gasteiger partial charge in [-0.3, -0.25) is 9.59 Å². The van der Waals surface area contributed by atoms with Gasteiger partial charge >= 0.3 is 6.03 Å². The minimum absolute atomic E-state index is 0.228. The van der Waals surface area contributed by atoms with Gasteiger partial charge in [0.05, 0.1) is 20.1 Å². The number of fused-ring (bicyclic) bond motifs is 2. The number of hydrogen-bond donors (Lipinski definition) is 2. The maximum atomic E-state index is 14.8. The van der Waals surface area contributed by atoms with E-state index in [4.69, 9.17) is 21.1 Å². The summed E-state index contributed by atoms with van der Waals surface area (Å²) < 4.78 is 10.8.